The van der Waals surface area contributed by atoms with Gasteiger partial charge in [-0.15, -0.1) is 0 Å². The standard InChI is InChI=1S/C12H19BrN2O/c1-10-12(9-13,5-6-16-10)4-3-11-7-14-15(2)8-11/h7-8,10H,3-6,9H2,1-2H3. The van der Waals surface area contributed by atoms with E-state index >= 15 is 0 Å². The van der Waals surface area contributed by atoms with Crippen LogP contribution in [0, 0.1) is 5.41 Å². The fraction of sp³-hybridized carbons (Fsp3) is 0.750. The van der Waals surface area contributed by atoms with Crippen LogP contribution in [0.3, 0.4) is 0 Å². The lowest BCUT2D eigenvalue weighted by atomic mass is 9.79. The van der Waals surface area contributed by atoms with Gasteiger partial charge >= 0.3 is 0 Å². The summed E-state index contributed by atoms with van der Waals surface area (Å²) >= 11 is 3.65. The van der Waals surface area contributed by atoms with Crippen LogP contribution in [-0.4, -0.2) is 27.8 Å². The van der Waals surface area contributed by atoms with Crippen molar-refractivity contribution < 1.29 is 4.74 Å². The molecule has 1 fully saturated rings. The van der Waals surface area contributed by atoms with E-state index in [0.717, 1.165) is 18.4 Å². The van der Waals surface area contributed by atoms with Gasteiger partial charge in [0, 0.05) is 30.6 Å². The topological polar surface area (TPSA) is 27.1 Å². The van der Waals surface area contributed by atoms with Crippen LogP contribution in [-0.2, 0) is 18.2 Å². The molecule has 90 valence electrons. The van der Waals surface area contributed by atoms with Crippen molar-refractivity contribution in [3.63, 3.8) is 0 Å². The maximum absolute atomic E-state index is 5.70. The number of ether oxygens (including phenoxy) is 1. The number of rotatable bonds is 4. The summed E-state index contributed by atoms with van der Waals surface area (Å²) in [7, 11) is 1.96. The average molecular weight is 287 g/mol. The molecule has 2 rings (SSSR count). The van der Waals surface area contributed by atoms with E-state index in [4.69, 9.17) is 4.74 Å². The minimum Gasteiger partial charge on any atom is -0.378 e. The van der Waals surface area contributed by atoms with Crippen molar-refractivity contribution in [1.29, 1.82) is 0 Å². The van der Waals surface area contributed by atoms with E-state index in [9.17, 15) is 0 Å². The van der Waals surface area contributed by atoms with Crippen LogP contribution in [0.4, 0.5) is 0 Å². The summed E-state index contributed by atoms with van der Waals surface area (Å²) in [5.41, 5.74) is 1.64. The van der Waals surface area contributed by atoms with E-state index in [1.807, 2.05) is 17.9 Å². The zero-order valence-corrected chi connectivity index (χ0v) is 11.5. The van der Waals surface area contributed by atoms with Crippen LogP contribution in [0.1, 0.15) is 25.3 Å². The Morgan fingerprint density at radius 1 is 1.69 bits per heavy atom. The summed E-state index contributed by atoms with van der Waals surface area (Å²) in [6.07, 6.45) is 7.85. The Hall–Kier alpha value is -0.350. The van der Waals surface area contributed by atoms with Gasteiger partial charge in [0.05, 0.1) is 12.3 Å². The quantitative estimate of drug-likeness (QED) is 0.796. The number of aromatic nitrogens is 2. The molecule has 0 spiro atoms. The van der Waals surface area contributed by atoms with Crippen molar-refractivity contribution >= 4 is 15.9 Å². The van der Waals surface area contributed by atoms with Crippen molar-refractivity contribution in [3.8, 4) is 0 Å². The predicted molar refractivity (Wildman–Crippen MR) is 67.8 cm³/mol. The van der Waals surface area contributed by atoms with E-state index < -0.39 is 0 Å². The third-order valence-electron chi connectivity index (χ3n) is 3.77. The van der Waals surface area contributed by atoms with Gasteiger partial charge in [0.1, 0.15) is 0 Å². The summed E-state index contributed by atoms with van der Waals surface area (Å²) in [6, 6.07) is 0. The fourth-order valence-corrected chi connectivity index (χ4v) is 3.40. The fourth-order valence-electron chi connectivity index (χ4n) is 2.38. The first-order valence-corrected chi connectivity index (χ1v) is 6.93. The lowest BCUT2D eigenvalue weighted by Crippen LogP contribution is -2.31. The average Bonchev–Trinajstić information content (AvgIpc) is 2.83. The Labute approximate surface area is 105 Å². The highest BCUT2D eigenvalue weighted by atomic mass is 79.9. The number of hydrogen-bond acceptors (Lipinski definition) is 2. The van der Waals surface area contributed by atoms with Gasteiger partial charge in [0.15, 0.2) is 0 Å². The summed E-state index contributed by atoms with van der Waals surface area (Å²) in [6.45, 7) is 3.09. The molecule has 1 aliphatic rings. The molecule has 0 aromatic carbocycles. The Balaban J connectivity index is 1.97. The smallest absolute Gasteiger partial charge is 0.0612 e. The molecule has 0 radical (unpaired) electrons. The van der Waals surface area contributed by atoms with Crippen LogP contribution in [0.2, 0.25) is 0 Å². The second-order valence-corrected chi connectivity index (χ2v) is 5.34. The van der Waals surface area contributed by atoms with Gasteiger partial charge in [-0.25, -0.2) is 0 Å². The molecule has 4 heteroatoms. The molecule has 2 heterocycles. The summed E-state index contributed by atoms with van der Waals surface area (Å²) in [4.78, 5) is 0. The number of hydrogen-bond donors (Lipinski definition) is 0. The first kappa shape index (κ1) is 12.1. The van der Waals surface area contributed by atoms with Crippen molar-refractivity contribution in [2.45, 2.75) is 32.3 Å². The highest BCUT2D eigenvalue weighted by Gasteiger charge is 2.39. The zero-order chi connectivity index (χ0) is 11.6. The molecule has 1 aliphatic heterocycles. The molecule has 3 nitrogen and oxygen atoms in total. The van der Waals surface area contributed by atoms with Gasteiger partial charge in [-0.1, -0.05) is 15.9 Å². The molecule has 16 heavy (non-hydrogen) atoms. The summed E-state index contributed by atoms with van der Waals surface area (Å²) < 4.78 is 7.57. The van der Waals surface area contributed by atoms with Crippen molar-refractivity contribution in [1.82, 2.24) is 9.78 Å². The normalized spacial score (nSPS) is 29.8. The van der Waals surface area contributed by atoms with E-state index in [1.165, 1.54) is 18.4 Å². The van der Waals surface area contributed by atoms with E-state index in [1.54, 1.807) is 0 Å². The van der Waals surface area contributed by atoms with Gasteiger partial charge < -0.3 is 4.74 Å². The van der Waals surface area contributed by atoms with Crippen molar-refractivity contribution in [3.05, 3.63) is 18.0 Å². The molecular formula is C12H19BrN2O. The molecule has 0 saturated carbocycles. The van der Waals surface area contributed by atoms with Gasteiger partial charge in [-0.2, -0.15) is 5.10 Å². The van der Waals surface area contributed by atoms with Crippen molar-refractivity contribution in [2.24, 2.45) is 12.5 Å². The predicted octanol–water partition coefficient (Wildman–Crippen LogP) is 2.54. The number of alkyl halides is 1. The minimum atomic E-state index is 0.315. The van der Waals surface area contributed by atoms with Crippen LogP contribution in [0.25, 0.3) is 0 Å². The zero-order valence-electron chi connectivity index (χ0n) is 9.95. The molecule has 2 atom stereocenters. The highest BCUT2D eigenvalue weighted by molar-refractivity contribution is 9.09. The van der Waals surface area contributed by atoms with Crippen LogP contribution >= 0.6 is 15.9 Å². The lowest BCUT2D eigenvalue weighted by molar-refractivity contribution is 0.0708. The molecule has 1 aromatic heterocycles. The Morgan fingerprint density at radius 2 is 2.50 bits per heavy atom. The second-order valence-electron chi connectivity index (χ2n) is 4.78. The second kappa shape index (κ2) is 4.88. The monoisotopic (exact) mass is 286 g/mol. The van der Waals surface area contributed by atoms with E-state index in [-0.39, 0.29) is 0 Å². The molecule has 0 bridgehead atoms. The van der Waals surface area contributed by atoms with Crippen LogP contribution in [0.15, 0.2) is 12.4 Å². The Morgan fingerprint density at radius 3 is 3.00 bits per heavy atom. The van der Waals surface area contributed by atoms with E-state index in [0.29, 0.717) is 11.5 Å². The number of aryl methyl sites for hydroxylation is 2. The third kappa shape index (κ3) is 2.33. The van der Waals surface area contributed by atoms with Gasteiger partial charge in [0.25, 0.3) is 0 Å². The maximum Gasteiger partial charge on any atom is 0.0612 e. The molecule has 2 unspecified atom stereocenters. The number of halogens is 1. The van der Waals surface area contributed by atoms with Crippen LogP contribution < -0.4 is 0 Å². The van der Waals surface area contributed by atoms with Gasteiger partial charge in [-0.3, -0.25) is 4.68 Å². The molecule has 0 N–H and O–H groups in total. The highest BCUT2D eigenvalue weighted by Crippen LogP contribution is 2.40. The molecule has 0 aliphatic carbocycles. The van der Waals surface area contributed by atoms with Gasteiger partial charge in [0.2, 0.25) is 0 Å². The van der Waals surface area contributed by atoms with Crippen molar-refractivity contribution in [2.75, 3.05) is 11.9 Å². The first-order valence-electron chi connectivity index (χ1n) is 5.81. The maximum atomic E-state index is 5.70. The van der Waals surface area contributed by atoms with Crippen LogP contribution in [0.5, 0.6) is 0 Å². The molecular weight excluding hydrogens is 268 g/mol. The molecule has 1 saturated heterocycles. The Bertz CT molecular complexity index is 353. The minimum absolute atomic E-state index is 0.315. The Kier molecular flexibility index (Phi) is 3.70. The largest absolute Gasteiger partial charge is 0.378 e. The third-order valence-corrected chi connectivity index (χ3v) is 4.88. The molecule has 1 aromatic rings. The SMILES string of the molecule is CC1OCCC1(CBr)CCc1cnn(C)c1. The molecule has 0 amide bonds. The number of nitrogens with zero attached hydrogens (tertiary/aromatic N) is 2. The summed E-state index contributed by atoms with van der Waals surface area (Å²) in [5, 5.41) is 5.23. The first-order chi connectivity index (χ1) is 7.66. The van der Waals surface area contributed by atoms with E-state index in [2.05, 4.69) is 34.1 Å². The lowest BCUT2D eigenvalue weighted by Gasteiger charge is -2.29. The summed E-state index contributed by atoms with van der Waals surface area (Å²) in [5.74, 6) is 0. The van der Waals surface area contributed by atoms with Gasteiger partial charge in [-0.05, 0) is 31.7 Å².